The van der Waals surface area contributed by atoms with Crippen molar-refractivity contribution in [1.29, 1.82) is 0 Å². The Bertz CT molecular complexity index is 130. The molecule has 0 aromatic heterocycles. The van der Waals surface area contributed by atoms with Gasteiger partial charge in [-0.3, -0.25) is 10.2 Å². The zero-order valence-corrected chi connectivity index (χ0v) is 6.55. The Labute approximate surface area is 61.4 Å². The quantitative estimate of drug-likeness (QED) is 0.604. The van der Waals surface area contributed by atoms with Crippen molar-refractivity contribution >= 4 is 5.91 Å². The molecule has 1 N–H and O–H groups in total. The summed E-state index contributed by atoms with van der Waals surface area (Å²) in [5.41, 5.74) is 2.81. The van der Waals surface area contributed by atoms with Gasteiger partial charge in [-0.15, -0.1) is 0 Å². The highest BCUT2D eigenvalue weighted by Crippen LogP contribution is 2.02. The first-order valence-corrected chi connectivity index (χ1v) is 3.75. The smallest absolute Gasteiger partial charge is 0.236 e. The van der Waals surface area contributed by atoms with Crippen LogP contribution in [-0.4, -0.2) is 24.0 Å². The second-order valence-electron chi connectivity index (χ2n) is 2.97. The van der Waals surface area contributed by atoms with Crippen LogP contribution in [0.3, 0.4) is 0 Å². The van der Waals surface area contributed by atoms with Crippen LogP contribution >= 0.6 is 0 Å². The average molecular weight is 142 g/mol. The van der Waals surface area contributed by atoms with Gasteiger partial charge < -0.3 is 0 Å². The van der Waals surface area contributed by atoms with E-state index in [9.17, 15) is 4.79 Å². The molecule has 1 heterocycles. The third kappa shape index (κ3) is 1.70. The molecule has 1 saturated heterocycles. The van der Waals surface area contributed by atoms with E-state index in [0.717, 1.165) is 13.1 Å². The molecule has 58 valence electrons. The summed E-state index contributed by atoms with van der Waals surface area (Å²) in [6.07, 6.45) is 1.21. The number of carbonyl (C=O) groups is 1. The minimum atomic E-state index is 0.0978. The lowest BCUT2D eigenvalue weighted by Gasteiger charge is -2.31. The standard InChI is InChI=1S/C7H14N2O/c1-6(2)7(10)8-9-4-3-5-9/h6H,3-5H2,1-2H3,(H,8,10). The largest absolute Gasteiger partial charge is 0.289 e. The van der Waals surface area contributed by atoms with Crippen LogP contribution in [0.15, 0.2) is 0 Å². The fourth-order valence-electron chi connectivity index (χ4n) is 0.713. The van der Waals surface area contributed by atoms with Crippen LogP contribution in [0.5, 0.6) is 0 Å². The van der Waals surface area contributed by atoms with Crippen molar-refractivity contribution in [3.05, 3.63) is 0 Å². The molecule has 0 radical (unpaired) electrons. The van der Waals surface area contributed by atoms with Crippen LogP contribution in [-0.2, 0) is 4.79 Å². The molecule has 1 rings (SSSR count). The Morgan fingerprint density at radius 2 is 2.10 bits per heavy atom. The van der Waals surface area contributed by atoms with Gasteiger partial charge in [-0.1, -0.05) is 13.8 Å². The number of nitrogens with zero attached hydrogens (tertiary/aromatic N) is 1. The molecule has 0 atom stereocenters. The van der Waals surface area contributed by atoms with Gasteiger partial charge in [0.25, 0.3) is 0 Å². The van der Waals surface area contributed by atoms with E-state index in [4.69, 9.17) is 0 Å². The van der Waals surface area contributed by atoms with Crippen molar-refractivity contribution in [3.63, 3.8) is 0 Å². The minimum absolute atomic E-state index is 0.0978. The van der Waals surface area contributed by atoms with E-state index < -0.39 is 0 Å². The Morgan fingerprint density at radius 1 is 1.50 bits per heavy atom. The Morgan fingerprint density at radius 3 is 2.40 bits per heavy atom. The van der Waals surface area contributed by atoms with Crippen molar-refractivity contribution in [2.24, 2.45) is 5.92 Å². The number of hydrogen-bond acceptors (Lipinski definition) is 2. The van der Waals surface area contributed by atoms with E-state index in [0.29, 0.717) is 0 Å². The molecule has 0 saturated carbocycles. The van der Waals surface area contributed by atoms with E-state index in [1.165, 1.54) is 6.42 Å². The minimum Gasteiger partial charge on any atom is -0.289 e. The molecule has 10 heavy (non-hydrogen) atoms. The predicted molar refractivity (Wildman–Crippen MR) is 39.2 cm³/mol. The molecule has 1 fully saturated rings. The maximum absolute atomic E-state index is 11.0. The second-order valence-corrected chi connectivity index (χ2v) is 2.97. The first-order chi connectivity index (χ1) is 4.70. The molecular weight excluding hydrogens is 128 g/mol. The number of hydrogen-bond donors (Lipinski definition) is 1. The van der Waals surface area contributed by atoms with Crippen LogP contribution in [0, 0.1) is 5.92 Å². The van der Waals surface area contributed by atoms with Crippen molar-refractivity contribution in [2.75, 3.05) is 13.1 Å². The highest BCUT2D eigenvalue weighted by Gasteiger charge is 2.17. The second kappa shape index (κ2) is 3.01. The molecule has 0 aromatic rings. The van der Waals surface area contributed by atoms with E-state index in [2.05, 4.69) is 5.43 Å². The van der Waals surface area contributed by atoms with Gasteiger partial charge in [-0.05, 0) is 6.42 Å². The average Bonchev–Trinajstić information content (AvgIpc) is 1.77. The van der Waals surface area contributed by atoms with Gasteiger partial charge in [0.15, 0.2) is 0 Å². The van der Waals surface area contributed by atoms with Gasteiger partial charge in [0.2, 0.25) is 5.91 Å². The summed E-state index contributed by atoms with van der Waals surface area (Å²) < 4.78 is 0. The lowest BCUT2D eigenvalue weighted by Crippen LogP contribution is -2.51. The first-order valence-electron chi connectivity index (χ1n) is 3.75. The summed E-state index contributed by atoms with van der Waals surface area (Å²) in [5.74, 6) is 0.223. The Hall–Kier alpha value is -0.570. The molecule has 0 aliphatic carbocycles. The zero-order valence-electron chi connectivity index (χ0n) is 6.55. The summed E-state index contributed by atoms with van der Waals surface area (Å²) in [5, 5.41) is 1.95. The van der Waals surface area contributed by atoms with Crippen molar-refractivity contribution in [3.8, 4) is 0 Å². The van der Waals surface area contributed by atoms with E-state index in [-0.39, 0.29) is 11.8 Å². The van der Waals surface area contributed by atoms with Crippen LogP contribution < -0.4 is 5.43 Å². The number of hydrazine groups is 1. The van der Waals surface area contributed by atoms with E-state index in [1.807, 2.05) is 18.9 Å². The summed E-state index contributed by atoms with van der Waals surface area (Å²) in [4.78, 5) is 11.0. The van der Waals surface area contributed by atoms with E-state index in [1.54, 1.807) is 0 Å². The lowest BCUT2D eigenvalue weighted by atomic mass is 10.2. The topological polar surface area (TPSA) is 32.3 Å². The first kappa shape index (κ1) is 7.54. The van der Waals surface area contributed by atoms with Crippen molar-refractivity contribution in [2.45, 2.75) is 20.3 Å². The fourth-order valence-corrected chi connectivity index (χ4v) is 0.713. The highest BCUT2D eigenvalue weighted by molar-refractivity contribution is 5.77. The summed E-state index contributed by atoms with van der Waals surface area (Å²) in [6.45, 7) is 5.82. The van der Waals surface area contributed by atoms with Crippen molar-refractivity contribution < 1.29 is 4.79 Å². The molecule has 0 bridgehead atoms. The third-order valence-electron chi connectivity index (χ3n) is 1.65. The van der Waals surface area contributed by atoms with Gasteiger partial charge in [-0.2, -0.15) is 0 Å². The highest BCUT2D eigenvalue weighted by atomic mass is 16.2. The SMILES string of the molecule is CC(C)C(=O)NN1CCC1. The number of rotatable bonds is 2. The normalized spacial score (nSPS) is 18.7. The monoisotopic (exact) mass is 142 g/mol. The van der Waals surface area contributed by atoms with Gasteiger partial charge in [0.1, 0.15) is 0 Å². The molecule has 0 aromatic carbocycles. The lowest BCUT2D eigenvalue weighted by molar-refractivity contribution is -0.130. The number of carbonyl (C=O) groups excluding carboxylic acids is 1. The summed E-state index contributed by atoms with van der Waals surface area (Å²) in [6, 6.07) is 0. The van der Waals surface area contributed by atoms with Crippen LogP contribution in [0.4, 0.5) is 0 Å². The third-order valence-corrected chi connectivity index (χ3v) is 1.65. The Balaban J connectivity index is 2.17. The molecule has 3 heteroatoms. The molecule has 0 unspecified atom stereocenters. The van der Waals surface area contributed by atoms with Gasteiger partial charge >= 0.3 is 0 Å². The maximum Gasteiger partial charge on any atom is 0.236 e. The maximum atomic E-state index is 11.0. The zero-order chi connectivity index (χ0) is 7.56. The molecule has 1 aliphatic heterocycles. The molecular formula is C7H14N2O. The van der Waals surface area contributed by atoms with Crippen molar-refractivity contribution in [1.82, 2.24) is 10.4 Å². The number of nitrogens with one attached hydrogen (secondary N) is 1. The predicted octanol–water partition coefficient (Wildman–Crippen LogP) is 0.379. The molecule has 3 nitrogen and oxygen atoms in total. The van der Waals surface area contributed by atoms with Gasteiger partial charge in [0.05, 0.1) is 0 Å². The Kier molecular flexibility index (Phi) is 2.27. The molecule has 1 aliphatic rings. The van der Waals surface area contributed by atoms with Gasteiger partial charge in [-0.25, -0.2) is 5.01 Å². The number of amides is 1. The van der Waals surface area contributed by atoms with Gasteiger partial charge in [0, 0.05) is 19.0 Å². The summed E-state index contributed by atoms with van der Waals surface area (Å²) >= 11 is 0. The fraction of sp³-hybridized carbons (Fsp3) is 0.857. The van der Waals surface area contributed by atoms with Crippen LogP contribution in [0.1, 0.15) is 20.3 Å². The van der Waals surface area contributed by atoms with Crippen LogP contribution in [0.2, 0.25) is 0 Å². The van der Waals surface area contributed by atoms with E-state index >= 15 is 0 Å². The molecule has 0 spiro atoms. The molecule has 1 amide bonds. The summed E-state index contributed by atoms with van der Waals surface area (Å²) in [7, 11) is 0. The van der Waals surface area contributed by atoms with Crippen LogP contribution in [0.25, 0.3) is 0 Å².